The number of unbranched alkanes of at least 4 members (excludes halogenated alkanes) is 2. The maximum atomic E-state index is 12.0. The van der Waals surface area contributed by atoms with Crippen molar-refractivity contribution >= 4 is 20.9 Å². The van der Waals surface area contributed by atoms with Gasteiger partial charge in [0.05, 0.1) is 12.0 Å². The number of phenolic OH excluding ortho intramolecular Hbond substituents is 1. The number of phenols is 1. The minimum Gasteiger partial charge on any atom is -0.504 e. The Labute approximate surface area is 138 Å². The van der Waals surface area contributed by atoms with Gasteiger partial charge in [0.25, 0.3) is 0 Å². The number of carbonyl (C=O) groups excluding carboxylic acids is 1. The number of rotatable bonds is 10. The summed E-state index contributed by atoms with van der Waals surface area (Å²) in [4.78, 5) is 12.3. The maximum Gasteiger partial charge on any atom is 0.213 e. The second kappa shape index (κ2) is 10.0. The Morgan fingerprint density at radius 3 is 2.57 bits per heavy atom. The third-order valence-electron chi connectivity index (χ3n) is 3.63. The van der Waals surface area contributed by atoms with Crippen LogP contribution in [0, 0.1) is 0 Å². The molecule has 0 saturated carbocycles. The van der Waals surface area contributed by atoms with Gasteiger partial charge in [0.1, 0.15) is 5.78 Å². The second-order valence-electron chi connectivity index (χ2n) is 5.45. The van der Waals surface area contributed by atoms with Gasteiger partial charge in [-0.1, -0.05) is 25.8 Å². The van der Waals surface area contributed by atoms with Crippen molar-refractivity contribution in [3.63, 3.8) is 0 Å². The molecular weight excluding hydrogens is 316 g/mol. The molecule has 128 valence electrons. The summed E-state index contributed by atoms with van der Waals surface area (Å²) in [6.07, 6.45) is 3.98. The molecule has 5 nitrogen and oxygen atoms in total. The SMILES string of the molecule is CCCCCC(CC(=O)CCc1ccc(O)c(OC)c1)=S(=O)=O. The number of aromatic hydroxyl groups is 1. The third kappa shape index (κ3) is 6.86. The van der Waals surface area contributed by atoms with Crippen LogP contribution in [0.5, 0.6) is 11.5 Å². The fourth-order valence-electron chi connectivity index (χ4n) is 2.27. The molecule has 0 aromatic heterocycles. The van der Waals surface area contributed by atoms with E-state index in [1.807, 2.05) is 6.92 Å². The Bertz CT molecular complexity index is 654. The maximum absolute atomic E-state index is 12.0. The van der Waals surface area contributed by atoms with Crippen molar-refractivity contribution < 1.29 is 23.1 Å². The van der Waals surface area contributed by atoms with E-state index in [1.165, 1.54) is 13.2 Å². The van der Waals surface area contributed by atoms with E-state index in [-0.39, 0.29) is 24.4 Å². The van der Waals surface area contributed by atoms with Crippen molar-refractivity contribution in [2.24, 2.45) is 0 Å². The van der Waals surface area contributed by atoms with Crippen LogP contribution >= 0.6 is 0 Å². The molecule has 0 atom stereocenters. The van der Waals surface area contributed by atoms with Crippen LogP contribution in [0.3, 0.4) is 0 Å². The molecule has 0 heterocycles. The quantitative estimate of drug-likeness (QED) is 0.523. The van der Waals surface area contributed by atoms with Crippen LogP contribution in [0.15, 0.2) is 18.2 Å². The summed E-state index contributed by atoms with van der Waals surface area (Å²) in [5.74, 6) is 0.325. The minimum atomic E-state index is -2.29. The number of Topliss-reactive ketones (excluding diaryl/α,β-unsaturated/α-hetero) is 1. The summed E-state index contributed by atoms with van der Waals surface area (Å²) in [6.45, 7) is 2.05. The standard InChI is InChI=1S/C17H24O5S/c1-3-4-5-6-15(23(20)21)12-14(18)9-7-13-8-10-16(19)17(11-13)22-2/h8,10-11,19H,3-7,9,12H2,1-2H3. The van der Waals surface area contributed by atoms with E-state index in [0.29, 0.717) is 23.5 Å². The van der Waals surface area contributed by atoms with Gasteiger partial charge in [-0.3, -0.25) is 4.79 Å². The first-order valence-corrected chi connectivity index (χ1v) is 8.87. The zero-order valence-electron chi connectivity index (χ0n) is 13.7. The molecule has 0 saturated heterocycles. The van der Waals surface area contributed by atoms with Crippen molar-refractivity contribution in [3.05, 3.63) is 23.8 Å². The molecule has 0 unspecified atom stereocenters. The van der Waals surface area contributed by atoms with Crippen molar-refractivity contribution in [1.82, 2.24) is 0 Å². The van der Waals surface area contributed by atoms with Crippen molar-refractivity contribution in [2.45, 2.75) is 51.9 Å². The highest BCUT2D eigenvalue weighted by Gasteiger charge is 2.11. The summed E-state index contributed by atoms with van der Waals surface area (Å²) >= 11 is 0. The topological polar surface area (TPSA) is 80.7 Å². The fourth-order valence-corrected chi connectivity index (χ4v) is 2.86. The van der Waals surface area contributed by atoms with Crippen molar-refractivity contribution in [3.8, 4) is 11.5 Å². The number of benzene rings is 1. The van der Waals surface area contributed by atoms with Crippen LogP contribution in [0.4, 0.5) is 0 Å². The fraction of sp³-hybridized carbons (Fsp3) is 0.529. The molecule has 0 aliphatic heterocycles. The Balaban J connectivity index is 2.57. The van der Waals surface area contributed by atoms with Gasteiger partial charge in [-0.25, -0.2) is 0 Å². The summed E-state index contributed by atoms with van der Waals surface area (Å²) in [7, 11) is -0.828. The van der Waals surface area contributed by atoms with Gasteiger partial charge in [-0.2, -0.15) is 8.42 Å². The highest BCUT2D eigenvalue weighted by atomic mass is 32.2. The first-order chi connectivity index (χ1) is 11.0. The monoisotopic (exact) mass is 340 g/mol. The van der Waals surface area contributed by atoms with Gasteiger partial charge in [0, 0.05) is 12.8 Å². The highest BCUT2D eigenvalue weighted by Crippen LogP contribution is 2.26. The van der Waals surface area contributed by atoms with E-state index >= 15 is 0 Å². The largest absolute Gasteiger partial charge is 0.504 e. The van der Waals surface area contributed by atoms with Gasteiger partial charge >= 0.3 is 0 Å². The number of hydrogen-bond donors (Lipinski definition) is 1. The van der Waals surface area contributed by atoms with Gasteiger partial charge < -0.3 is 9.84 Å². The molecule has 0 bridgehead atoms. The summed E-state index contributed by atoms with van der Waals surface area (Å²) in [5, 5.41) is 9.53. The zero-order chi connectivity index (χ0) is 17.2. The first kappa shape index (κ1) is 19.2. The molecule has 0 fully saturated rings. The number of hydrogen-bond acceptors (Lipinski definition) is 5. The molecular formula is C17H24O5S. The third-order valence-corrected chi connectivity index (χ3v) is 4.45. The summed E-state index contributed by atoms with van der Waals surface area (Å²) in [6, 6.07) is 4.93. The second-order valence-corrected chi connectivity index (χ2v) is 6.50. The number of ether oxygens (including phenoxy) is 1. The molecule has 1 aromatic carbocycles. The lowest BCUT2D eigenvalue weighted by atomic mass is 10.0. The predicted octanol–water partition coefficient (Wildman–Crippen LogP) is 2.92. The smallest absolute Gasteiger partial charge is 0.213 e. The highest BCUT2D eigenvalue weighted by molar-refractivity contribution is 7.73. The van der Waals surface area contributed by atoms with E-state index in [2.05, 4.69) is 0 Å². The molecule has 1 aromatic rings. The van der Waals surface area contributed by atoms with E-state index in [1.54, 1.807) is 12.1 Å². The van der Waals surface area contributed by atoms with Crippen molar-refractivity contribution in [2.75, 3.05) is 7.11 Å². The Morgan fingerprint density at radius 1 is 1.22 bits per heavy atom. The van der Waals surface area contributed by atoms with Crippen LogP contribution < -0.4 is 4.74 Å². The molecule has 6 heteroatoms. The lowest BCUT2D eigenvalue weighted by molar-refractivity contribution is -0.117. The normalized spacial score (nSPS) is 10.3. The lowest BCUT2D eigenvalue weighted by Crippen LogP contribution is -2.10. The Morgan fingerprint density at radius 2 is 1.96 bits per heavy atom. The van der Waals surface area contributed by atoms with Gasteiger partial charge in [-0.05, 0) is 37.0 Å². The minimum absolute atomic E-state index is 0.00492. The molecule has 0 spiro atoms. The molecule has 0 radical (unpaired) electrons. The lowest BCUT2D eigenvalue weighted by Gasteiger charge is -2.07. The number of aryl methyl sites for hydroxylation is 1. The molecule has 23 heavy (non-hydrogen) atoms. The Hall–Kier alpha value is -1.82. The average molecular weight is 340 g/mol. The van der Waals surface area contributed by atoms with Crippen LogP contribution in [0.1, 0.15) is 51.0 Å². The molecule has 0 amide bonds. The van der Waals surface area contributed by atoms with Crippen LogP contribution in [-0.4, -0.2) is 31.3 Å². The zero-order valence-corrected chi connectivity index (χ0v) is 14.5. The molecule has 1 rings (SSSR count). The van der Waals surface area contributed by atoms with Crippen LogP contribution in [-0.2, 0) is 21.5 Å². The van der Waals surface area contributed by atoms with Gasteiger partial charge in [0.15, 0.2) is 11.5 Å². The van der Waals surface area contributed by atoms with E-state index < -0.39 is 10.3 Å². The summed E-state index contributed by atoms with van der Waals surface area (Å²) < 4.78 is 27.4. The van der Waals surface area contributed by atoms with E-state index in [4.69, 9.17) is 4.74 Å². The van der Waals surface area contributed by atoms with E-state index in [9.17, 15) is 18.3 Å². The average Bonchev–Trinajstić information content (AvgIpc) is 2.53. The van der Waals surface area contributed by atoms with Gasteiger partial charge in [-0.15, -0.1) is 0 Å². The van der Waals surface area contributed by atoms with E-state index in [0.717, 1.165) is 24.8 Å². The first-order valence-electron chi connectivity index (χ1n) is 7.79. The molecule has 0 aliphatic rings. The van der Waals surface area contributed by atoms with Crippen molar-refractivity contribution in [1.29, 1.82) is 0 Å². The molecule has 1 N–H and O–H groups in total. The van der Waals surface area contributed by atoms with Crippen LogP contribution in [0.2, 0.25) is 0 Å². The van der Waals surface area contributed by atoms with Gasteiger partial charge in [0.2, 0.25) is 10.3 Å². The number of ketones is 1. The Kier molecular flexibility index (Phi) is 8.40. The number of carbonyl (C=O) groups is 1. The predicted molar refractivity (Wildman–Crippen MR) is 90.7 cm³/mol. The molecule has 0 aliphatic carbocycles. The van der Waals surface area contributed by atoms with Crippen LogP contribution in [0.25, 0.3) is 0 Å². The number of methoxy groups -OCH3 is 1. The summed E-state index contributed by atoms with van der Waals surface area (Å²) in [5.41, 5.74) is 0.865.